The molecule has 4 rings (SSSR count). The van der Waals surface area contributed by atoms with Gasteiger partial charge in [-0.1, -0.05) is 17.7 Å². The van der Waals surface area contributed by atoms with Crippen molar-refractivity contribution in [2.75, 3.05) is 31.2 Å². The van der Waals surface area contributed by atoms with Gasteiger partial charge >= 0.3 is 0 Å². The molecular formula is C22H23FN2O. The summed E-state index contributed by atoms with van der Waals surface area (Å²) in [6.45, 7) is 7.52. The maximum atomic E-state index is 13.4. The average molecular weight is 350 g/mol. The Morgan fingerprint density at radius 1 is 0.885 bits per heavy atom. The Hall–Kier alpha value is -2.59. The van der Waals surface area contributed by atoms with Crippen LogP contribution in [0.1, 0.15) is 11.3 Å². The minimum absolute atomic E-state index is 0.215. The Morgan fingerprint density at radius 2 is 1.54 bits per heavy atom. The van der Waals surface area contributed by atoms with Crippen molar-refractivity contribution in [2.24, 2.45) is 0 Å². The number of aromatic nitrogens is 1. The van der Waals surface area contributed by atoms with Gasteiger partial charge in [0.25, 0.3) is 0 Å². The summed E-state index contributed by atoms with van der Waals surface area (Å²) in [5, 5.41) is 0. The molecule has 3 aromatic rings. The van der Waals surface area contributed by atoms with Gasteiger partial charge in [0.15, 0.2) is 0 Å². The van der Waals surface area contributed by atoms with E-state index in [9.17, 15) is 4.39 Å². The molecule has 1 aliphatic heterocycles. The number of anilines is 1. The van der Waals surface area contributed by atoms with Gasteiger partial charge in [-0.15, -0.1) is 0 Å². The Labute approximate surface area is 153 Å². The molecule has 2 aromatic carbocycles. The van der Waals surface area contributed by atoms with Gasteiger partial charge in [0.1, 0.15) is 5.82 Å². The number of rotatable bonds is 3. The highest BCUT2D eigenvalue weighted by atomic mass is 19.1. The van der Waals surface area contributed by atoms with Crippen LogP contribution in [0.15, 0.2) is 54.6 Å². The van der Waals surface area contributed by atoms with Gasteiger partial charge in [0.05, 0.1) is 24.6 Å². The highest BCUT2D eigenvalue weighted by Gasteiger charge is 2.20. The molecular weight excluding hydrogens is 327 g/mol. The maximum absolute atomic E-state index is 13.4. The molecule has 0 radical (unpaired) electrons. The van der Waals surface area contributed by atoms with Gasteiger partial charge in [-0.2, -0.15) is 0 Å². The third-order valence-electron chi connectivity index (χ3n) is 5.00. The first-order valence-corrected chi connectivity index (χ1v) is 9.01. The molecule has 4 heteroatoms. The molecule has 0 bridgehead atoms. The predicted molar refractivity (Wildman–Crippen MR) is 104 cm³/mol. The van der Waals surface area contributed by atoms with Crippen molar-refractivity contribution in [2.45, 2.75) is 13.8 Å². The monoisotopic (exact) mass is 350 g/mol. The van der Waals surface area contributed by atoms with Crippen molar-refractivity contribution in [3.05, 3.63) is 71.7 Å². The lowest BCUT2D eigenvalue weighted by molar-refractivity contribution is 0.122. The molecule has 2 heterocycles. The Balaban J connectivity index is 1.87. The molecule has 3 nitrogen and oxygen atoms in total. The third kappa shape index (κ3) is 3.13. The second-order valence-corrected chi connectivity index (χ2v) is 6.78. The normalized spacial score (nSPS) is 14.7. The molecule has 0 N–H and O–H groups in total. The van der Waals surface area contributed by atoms with E-state index in [-0.39, 0.29) is 5.82 Å². The van der Waals surface area contributed by atoms with Crippen LogP contribution in [0.2, 0.25) is 0 Å². The van der Waals surface area contributed by atoms with Crippen molar-refractivity contribution in [3.8, 4) is 16.9 Å². The van der Waals surface area contributed by atoms with Crippen molar-refractivity contribution in [1.29, 1.82) is 0 Å². The summed E-state index contributed by atoms with van der Waals surface area (Å²) in [6.07, 6.45) is 0. The van der Waals surface area contributed by atoms with E-state index < -0.39 is 0 Å². The van der Waals surface area contributed by atoms with Gasteiger partial charge in [-0.25, -0.2) is 4.39 Å². The molecule has 0 aliphatic carbocycles. The first-order valence-electron chi connectivity index (χ1n) is 9.01. The topological polar surface area (TPSA) is 17.4 Å². The lowest BCUT2D eigenvalue weighted by Gasteiger charge is -2.28. The van der Waals surface area contributed by atoms with Crippen LogP contribution in [0.5, 0.6) is 0 Å². The van der Waals surface area contributed by atoms with Crippen LogP contribution in [0, 0.1) is 19.7 Å². The molecule has 0 saturated carbocycles. The number of nitrogens with zero attached hydrogens (tertiary/aromatic N) is 2. The van der Waals surface area contributed by atoms with Crippen LogP contribution in [-0.4, -0.2) is 30.9 Å². The van der Waals surface area contributed by atoms with Gasteiger partial charge in [-0.3, -0.25) is 0 Å². The minimum Gasteiger partial charge on any atom is -0.378 e. The van der Waals surface area contributed by atoms with Crippen LogP contribution in [0.3, 0.4) is 0 Å². The van der Waals surface area contributed by atoms with Crippen LogP contribution in [-0.2, 0) is 4.74 Å². The zero-order chi connectivity index (χ0) is 18.1. The van der Waals surface area contributed by atoms with Gasteiger partial charge in [0, 0.05) is 24.5 Å². The largest absolute Gasteiger partial charge is 0.378 e. The number of hydrogen-bond donors (Lipinski definition) is 0. The summed E-state index contributed by atoms with van der Waals surface area (Å²) in [7, 11) is 0. The molecule has 0 amide bonds. The lowest BCUT2D eigenvalue weighted by atomic mass is 10.1. The molecule has 0 atom stereocenters. The first-order chi connectivity index (χ1) is 12.6. The summed E-state index contributed by atoms with van der Waals surface area (Å²) < 4.78 is 21.2. The summed E-state index contributed by atoms with van der Waals surface area (Å²) in [6, 6.07) is 17.5. The molecule has 0 unspecified atom stereocenters. The highest BCUT2D eigenvalue weighted by Crippen LogP contribution is 2.34. The van der Waals surface area contributed by atoms with Crippen molar-refractivity contribution < 1.29 is 9.13 Å². The van der Waals surface area contributed by atoms with E-state index in [1.807, 2.05) is 12.1 Å². The zero-order valence-corrected chi connectivity index (χ0v) is 15.2. The van der Waals surface area contributed by atoms with Crippen molar-refractivity contribution in [3.63, 3.8) is 0 Å². The summed E-state index contributed by atoms with van der Waals surface area (Å²) in [5.41, 5.74) is 6.84. The number of hydrogen-bond acceptors (Lipinski definition) is 2. The number of aryl methyl sites for hydroxylation is 1. The Kier molecular flexibility index (Phi) is 4.51. The van der Waals surface area contributed by atoms with Crippen LogP contribution >= 0.6 is 0 Å². The van der Waals surface area contributed by atoms with Gasteiger partial charge in [-0.05, 0) is 61.9 Å². The highest BCUT2D eigenvalue weighted by molar-refractivity contribution is 5.72. The van der Waals surface area contributed by atoms with E-state index in [2.05, 4.69) is 53.6 Å². The number of ether oxygens (including phenoxy) is 1. The fourth-order valence-corrected chi connectivity index (χ4v) is 3.58. The first kappa shape index (κ1) is 16.9. The SMILES string of the molecule is Cc1ccc(-n2c(-c3ccc(F)cc3)cc(N3CCOCC3)c2C)cc1. The summed E-state index contributed by atoms with van der Waals surface area (Å²) in [4.78, 5) is 2.37. The maximum Gasteiger partial charge on any atom is 0.123 e. The fraction of sp³-hybridized carbons (Fsp3) is 0.273. The molecule has 1 aromatic heterocycles. The van der Waals surface area contributed by atoms with Crippen LogP contribution in [0.25, 0.3) is 16.9 Å². The van der Waals surface area contributed by atoms with E-state index in [1.165, 1.54) is 29.1 Å². The van der Waals surface area contributed by atoms with Crippen LogP contribution < -0.4 is 4.90 Å². The van der Waals surface area contributed by atoms with E-state index in [0.29, 0.717) is 0 Å². The lowest BCUT2D eigenvalue weighted by Crippen LogP contribution is -2.36. The number of benzene rings is 2. The molecule has 1 saturated heterocycles. The molecule has 134 valence electrons. The van der Waals surface area contributed by atoms with Gasteiger partial charge < -0.3 is 14.2 Å². The zero-order valence-electron chi connectivity index (χ0n) is 15.2. The average Bonchev–Trinajstić information content (AvgIpc) is 3.01. The van der Waals surface area contributed by atoms with Crippen molar-refractivity contribution >= 4 is 5.69 Å². The molecule has 1 fully saturated rings. The fourth-order valence-electron chi connectivity index (χ4n) is 3.58. The molecule has 1 aliphatic rings. The Morgan fingerprint density at radius 3 is 2.19 bits per heavy atom. The molecule has 26 heavy (non-hydrogen) atoms. The number of morpholine rings is 1. The van der Waals surface area contributed by atoms with E-state index >= 15 is 0 Å². The number of halogens is 1. The smallest absolute Gasteiger partial charge is 0.123 e. The van der Waals surface area contributed by atoms with E-state index in [0.717, 1.165) is 43.2 Å². The molecule has 0 spiro atoms. The standard InChI is InChI=1S/C22H23FN2O/c1-16-3-9-20(10-4-16)25-17(2)21(24-11-13-26-14-12-24)15-22(25)18-5-7-19(23)8-6-18/h3-10,15H,11-14H2,1-2H3. The van der Waals surface area contributed by atoms with E-state index in [1.54, 1.807) is 0 Å². The quantitative estimate of drug-likeness (QED) is 0.679. The summed E-state index contributed by atoms with van der Waals surface area (Å²) >= 11 is 0. The van der Waals surface area contributed by atoms with Gasteiger partial charge in [0.2, 0.25) is 0 Å². The van der Waals surface area contributed by atoms with Crippen molar-refractivity contribution in [1.82, 2.24) is 4.57 Å². The van der Waals surface area contributed by atoms with E-state index in [4.69, 9.17) is 4.74 Å². The predicted octanol–water partition coefficient (Wildman–Crippen LogP) is 4.74. The summed E-state index contributed by atoms with van der Waals surface area (Å²) in [5.74, 6) is -0.215. The second kappa shape index (κ2) is 6.96. The third-order valence-corrected chi connectivity index (χ3v) is 5.00. The van der Waals surface area contributed by atoms with Crippen LogP contribution in [0.4, 0.5) is 10.1 Å². The minimum atomic E-state index is -0.215. The second-order valence-electron chi connectivity index (χ2n) is 6.78. The Bertz CT molecular complexity index is 891.